The molecular weight excluding hydrogens is 405 g/mol. The van der Waals surface area contributed by atoms with E-state index in [1.165, 1.54) is 30.8 Å². The van der Waals surface area contributed by atoms with Gasteiger partial charge in [-0.25, -0.2) is 14.4 Å². The summed E-state index contributed by atoms with van der Waals surface area (Å²) in [6, 6.07) is 8.14. The summed E-state index contributed by atoms with van der Waals surface area (Å²) < 4.78 is 20.8. The lowest BCUT2D eigenvalue weighted by atomic mass is 9.89. The van der Waals surface area contributed by atoms with Gasteiger partial charge in [0, 0.05) is 16.5 Å². The lowest BCUT2D eigenvalue weighted by Crippen LogP contribution is -2.24. The fourth-order valence-electron chi connectivity index (χ4n) is 3.40. The number of nitrogens with two attached hydrogens (primary N) is 1. The molecule has 0 aliphatic carbocycles. The first-order chi connectivity index (χ1) is 14.4. The standard InChI is InChI=1S/C21H18FN5O2S/c1-10-6-14(22)13(19-20-16(24-9-25-19)7-11(2)30-20)8-12(10)18(21(23)28)15-4-5-17(29-3)27-26-15/h4-9,18H,1-3H3,(H2,23,28). The van der Waals surface area contributed by atoms with E-state index in [9.17, 15) is 4.79 Å². The molecule has 3 aromatic heterocycles. The van der Waals surface area contributed by atoms with E-state index in [-0.39, 0.29) is 5.56 Å². The fraction of sp³-hybridized carbons (Fsp3) is 0.190. The molecule has 1 unspecified atom stereocenters. The molecule has 0 aliphatic rings. The highest BCUT2D eigenvalue weighted by Gasteiger charge is 2.26. The van der Waals surface area contributed by atoms with Crippen molar-refractivity contribution >= 4 is 27.5 Å². The van der Waals surface area contributed by atoms with Gasteiger partial charge in [0.1, 0.15) is 18.1 Å². The summed E-state index contributed by atoms with van der Waals surface area (Å²) in [5.74, 6) is -1.64. The Morgan fingerprint density at radius 1 is 1.17 bits per heavy atom. The van der Waals surface area contributed by atoms with Crippen molar-refractivity contribution in [3.63, 3.8) is 0 Å². The summed E-state index contributed by atoms with van der Waals surface area (Å²) >= 11 is 1.49. The van der Waals surface area contributed by atoms with Crippen molar-refractivity contribution in [2.45, 2.75) is 19.8 Å². The predicted octanol–water partition coefficient (Wildman–Crippen LogP) is 3.53. The Kier molecular flexibility index (Phi) is 5.13. The molecule has 152 valence electrons. The van der Waals surface area contributed by atoms with Crippen molar-refractivity contribution in [1.82, 2.24) is 20.2 Å². The van der Waals surface area contributed by atoms with Gasteiger partial charge in [-0.1, -0.05) is 0 Å². The molecule has 0 fully saturated rings. The Hall–Kier alpha value is -3.46. The zero-order valence-corrected chi connectivity index (χ0v) is 17.3. The molecule has 4 rings (SSSR count). The monoisotopic (exact) mass is 423 g/mol. The normalized spacial score (nSPS) is 12.1. The maximum absolute atomic E-state index is 15.0. The highest BCUT2D eigenvalue weighted by molar-refractivity contribution is 7.19. The van der Waals surface area contributed by atoms with Crippen LogP contribution < -0.4 is 10.5 Å². The van der Waals surface area contributed by atoms with Crippen LogP contribution in [0.15, 0.2) is 36.7 Å². The van der Waals surface area contributed by atoms with Crippen molar-refractivity contribution in [1.29, 1.82) is 0 Å². The maximum atomic E-state index is 15.0. The average molecular weight is 423 g/mol. The number of carbonyl (C=O) groups excluding carboxylic acids is 1. The van der Waals surface area contributed by atoms with E-state index in [0.717, 1.165) is 15.1 Å². The third-order valence-corrected chi connectivity index (χ3v) is 5.85. The van der Waals surface area contributed by atoms with Gasteiger partial charge < -0.3 is 10.5 Å². The van der Waals surface area contributed by atoms with Gasteiger partial charge in [0.05, 0.1) is 28.7 Å². The number of ether oxygens (including phenoxy) is 1. The molecule has 0 saturated heterocycles. The number of fused-ring (bicyclic) bond motifs is 1. The third-order valence-electron chi connectivity index (χ3n) is 4.81. The Morgan fingerprint density at radius 3 is 2.63 bits per heavy atom. The summed E-state index contributed by atoms with van der Waals surface area (Å²) in [6.45, 7) is 3.68. The number of carbonyl (C=O) groups is 1. The van der Waals surface area contributed by atoms with Crippen LogP contribution in [0.2, 0.25) is 0 Å². The Bertz CT molecular complexity index is 1260. The predicted molar refractivity (Wildman–Crippen MR) is 112 cm³/mol. The van der Waals surface area contributed by atoms with E-state index in [4.69, 9.17) is 10.5 Å². The van der Waals surface area contributed by atoms with Crippen LogP contribution in [0, 0.1) is 19.7 Å². The first kappa shape index (κ1) is 19.8. The van der Waals surface area contributed by atoms with Gasteiger partial charge in [0.25, 0.3) is 0 Å². The maximum Gasteiger partial charge on any atom is 0.233 e. The first-order valence-electron chi connectivity index (χ1n) is 9.07. The van der Waals surface area contributed by atoms with Gasteiger partial charge in [-0.2, -0.15) is 5.10 Å². The van der Waals surface area contributed by atoms with Crippen LogP contribution in [0.25, 0.3) is 21.5 Å². The van der Waals surface area contributed by atoms with E-state index >= 15 is 4.39 Å². The number of halogens is 1. The molecule has 1 amide bonds. The number of nitrogens with zero attached hydrogens (tertiary/aromatic N) is 4. The van der Waals surface area contributed by atoms with Crippen molar-refractivity contribution in [2.24, 2.45) is 5.73 Å². The van der Waals surface area contributed by atoms with Crippen LogP contribution in [0.3, 0.4) is 0 Å². The van der Waals surface area contributed by atoms with E-state index in [1.54, 1.807) is 25.1 Å². The number of thiophene rings is 1. The molecule has 0 bridgehead atoms. The smallest absolute Gasteiger partial charge is 0.233 e. The Balaban J connectivity index is 1.90. The summed E-state index contributed by atoms with van der Waals surface area (Å²) in [6.07, 6.45) is 1.41. The molecule has 0 spiro atoms. The zero-order valence-electron chi connectivity index (χ0n) is 16.5. The van der Waals surface area contributed by atoms with Crippen LogP contribution in [0.1, 0.15) is 27.6 Å². The number of amides is 1. The average Bonchev–Trinajstić information content (AvgIpc) is 3.10. The first-order valence-corrected chi connectivity index (χ1v) is 9.89. The van der Waals surface area contributed by atoms with Gasteiger partial charge in [-0.15, -0.1) is 16.4 Å². The summed E-state index contributed by atoms with van der Waals surface area (Å²) in [5, 5.41) is 8.00. The second-order valence-electron chi connectivity index (χ2n) is 6.82. The van der Waals surface area contributed by atoms with Crippen LogP contribution >= 0.6 is 11.3 Å². The Labute approximate surface area is 175 Å². The number of benzene rings is 1. The quantitative estimate of drug-likeness (QED) is 0.527. The minimum Gasteiger partial charge on any atom is -0.480 e. The number of primary amides is 1. The number of methoxy groups -OCH3 is 1. The fourth-order valence-corrected chi connectivity index (χ4v) is 4.37. The number of rotatable bonds is 5. The molecule has 30 heavy (non-hydrogen) atoms. The highest BCUT2D eigenvalue weighted by atomic mass is 32.1. The molecule has 2 N–H and O–H groups in total. The van der Waals surface area contributed by atoms with E-state index in [0.29, 0.717) is 28.4 Å². The van der Waals surface area contributed by atoms with Gasteiger partial charge >= 0.3 is 0 Å². The van der Waals surface area contributed by atoms with Crippen LogP contribution in [-0.4, -0.2) is 33.2 Å². The van der Waals surface area contributed by atoms with Crippen molar-refractivity contribution in [3.8, 4) is 17.1 Å². The van der Waals surface area contributed by atoms with Crippen LogP contribution in [-0.2, 0) is 4.79 Å². The van der Waals surface area contributed by atoms with E-state index in [2.05, 4.69) is 20.2 Å². The lowest BCUT2D eigenvalue weighted by Gasteiger charge is -2.17. The van der Waals surface area contributed by atoms with Crippen LogP contribution in [0.5, 0.6) is 5.88 Å². The number of aryl methyl sites for hydroxylation is 2. The number of hydrogen-bond acceptors (Lipinski definition) is 7. The second kappa shape index (κ2) is 7.75. The molecule has 0 saturated carbocycles. The Morgan fingerprint density at radius 2 is 1.97 bits per heavy atom. The van der Waals surface area contributed by atoms with Gasteiger partial charge in [-0.05, 0) is 49.2 Å². The molecule has 7 nitrogen and oxygen atoms in total. The SMILES string of the molecule is COc1ccc(C(C(N)=O)c2cc(-c3ncnc4cc(C)sc34)c(F)cc2C)nn1. The topological polar surface area (TPSA) is 104 Å². The molecule has 1 aromatic carbocycles. The van der Waals surface area contributed by atoms with Gasteiger partial charge in [0.15, 0.2) is 0 Å². The largest absolute Gasteiger partial charge is 0.480 e. The van der Waals surface area contributed by atoms with Crippen molar-refractivity contribution in [3.05, 3.63) is 64.2 Å². The number of aromatic nitrogens is 4. The summed E-state index contributed by atoms with van der Waals surface area (Å²) in [5.41, 5.74) is 8.67. The molecule has 0 radical (unpaired) electrons. The van der Waals surface area contributed by atoms with Gasteiger partial charge in [-0.3, -0.25) is 4.79 Å². The third kappa shape index (κ3) is 3.48. The van der Waals surface area contributed by atoms with Crippen molar-refractivity contribution in [2.75, 3.05) is 7.11 Å². The minimum absolute atomic E-state index is 0.276. The summed E-state index contributed by atoms with van der Waals surface area (Å²) in [7, 11) is 1.47. The summed E-state index contributed by atoms with van der Waals surface area (Å²) in [4.78, 5) is 22.0. The van der Waals surface area contributed by atoms with Crippen LogP contribution in [0.4, 0.5) is 4.39 Å². The number of hydrogen-bond donors (Lipinski definition) is 1. The molecule has 1 atom stereocenters. The zero-order chi connectivity index (χ0) is 21.4. The van der Waals surface area contributed by atoms with Crippen molar-refractivity contribution < 1.29 is 13.9 Å². The lowest BCUT2D eigenvalue weighted by molar-refractivity contribution is -0.118. The molecule has 3 heterocycles. The highest BCUT2D eigenvalue weighted by Crippen LogP contribution is 2.36. The van der Waals surface area contributed by atoms with Gasteiger partial charge in [0.2, 0.25) is 11.8 Å². The second-order valence-corrected chi connectivity index (χ2v) is 8.07. The molecule has 0 aliphatic heterocycles. The van der Waals surface area contributed by atoms with E-state index < -0.39 is 17.6 Å². The minimum atomic E-state index is -0.898. The van der Waals surface area contributed by atoms with E-state index in [1.807, 2.05) is 13.0 Å². The molecule has 9 heteroatoms. The molecule has 4 aromatic rings. The molecular formula is C21H18FN5O2S.